The van der Waals surface area contributed by atoms with Gasteiger partial charge in [-0.3, -0.25) is 0 Å². The average molecular weight is 301 g/mol. The van der Waals surface area contributed by atoms with Gasteiger partial charge in [0.2, 0.25) is 0 Å². The van der Waals surface area contributed by atoms with Crippen molar-refractivity contribution in [2.45, 2.75) is 31.4 Å². The van der Waals surface area contributed by atoms with Gasteiger partial charge < -0.3 is 19.6 Å². The molecule has 0 bridgehead atoms. The molecule has 3 rings (SSSR count). The molecule has 118 valence electrons. The van der Waals surface area contributed by atoms with Gasteiger partial charge in [0.1, 0.15) is 11.5 Å². The number of nitrogens with one attached hydrogen (secondary N) is 1. The lowest BCUT2D eigenvalue weighted by atomic mass is 9.94. The summed E-state index contributed by atoms with van der Waals surface area (Å²) in [5.41, 5.74) is 0.408. The van der Waals surface area contributed by atoms with E-state index in [0.29, 0.717) is 32.6 Å². The van der Waals surface area contributed by atoms with Gasteiger partial charge in [-0.2, -0.15) is 0 Å². The topological polar surface area (TPSA) is 54.6 Å². The second-order valence-corrected chi connectivity index (χ2v) is 6.01. The zero-order valence-electron chi connectivity index (χ0n) is 12.9. The highest BCUT2D eigenvalue weighted by Crippen LogP contribution is 2.26. The van der Waals surface area contributed by atoms with E-state index in [1.165, 1.54) is 0 Å². The second-order valence-electron chi connectivity index (χ2n) is 6.01. The zero-order valence-corrected chi connectivity index (χ0v) is 12.9. The molecule has 4 nitrogen and oxygen atoms in total. The van der Waals surface area contributed by atoms with Gasteiger partial charge in [0.15, 0.2) is 0 Å². The predicted octanol–water partition coefficient (Wildman–Crippen LogP) is 3.14. The van der Waals surface area contributed by atoms with E-state index in [9.17, 15) is 5.11 Å². The summed E-state index contributed by atoms with van der Waals surface area (Å²) in [7, 11) is 0. The molecule has 0 radical (unpaired) electrons. The number of hydrogen-bond donors (Lipinski definition) is 2. The molecule has 0 aliphatic carbocycles. The maximum atomic E-state index is 10.5. The Labute approximate surface area is 131 Å². The highest BCUT2D eigenvalue weighted by molar-refractivity contribution is 5.57. The Kier molecular flexibility index (Phi) is 4.62. The average Bonchev–Trinajstić information content (AvgIpc) is 3.04. The molecule has 0 saturated carbocycles. The fourth-order valence-electron chi connectivity index (χ4n) is 2.71. The van der Waals surface area contributed by atoms with Gasteiger partial charge in [0.25, 0.3) is 0 Å². The van der Waals surface area contributed by atoms with Crippen LogP contribution in [0.15, 0.2) is 46.9 Å². The molecule has 1 unspecified atom stereocenters. The Hall–Kier alpha value is -1.62. The van der Waals surface area contributed by atoms with Crippen molar-refractivity contribution in [3.63, 3.8) is 0 Å². The molecule has 0 spiro atoms. The molecule has 2 N–H and O–H groups in total. The van der Waals surface area contributed by atoms with E-state index in [1.807, 2.05) is 42.5 Å². The Morgan fingerprint density at radius 3 is 2.59 bits per heavy atom. The van der Waals surface area contributed by atoms with Gasteiger partial charge in [-0.1, -0.05) is 30.3 Å². The Morgan fingerprint density at radius 1 is 1.14 bits per heavy atom. The van der Waals surface area contributed by atoms with Crippen LogP contribution in [0.1, 0.15) is 31.6 Å². The summed E-state index contributed by atoms with van der Waals surface area (Å²) >= 11 is 0. The first-order valence-corrected chi connectivity index (χ1v) is 7.85. The standard InChI is InChI=1S/C18H23NO3/c1-14(19-13-18(20)9-11-21-12-10-18)16-7-8-17(22-16)15-5-3-2-4-6-15/h2-8,14,19-20H,9-13H2,1H3. The van der Waals surface area contributed by atoms with Gasteiger partial charge in [-0.05, 0) is 19.1 Å². The molecule has 2 heterocycles. The first-order chi connectivity index (χ1) is 10.7. The maximum Gasteiger partial charge on any atom is 0.134 e. The van der Waals surface area contributed by atoms with Crippen LogP contribution in [0.25, 0.3) is 11.3 Å². The van der Waals surface area contributed by atoms with Crippen molar-refractivity contribution in [3.05, 3.63) is 48.2 Å². The molecule has 1 aliphatic heterocycles. The van der Waals surface area contributed by atoms with Crippen LogP contribution < -0.4 is 5.32 Å². The number of ether oxygens (including phenoxy) is 1. The van der Waals surface area contributed by atoms with Crippen molar-refractivity contribution in [2.24, 2.45) is 0 Å². The van der Waals surface area contributed by atoms with E-state index >= 15 is 0 Å². The normalized spacial score (nSPS) is 19.0. The van der Waals surface area contributed by atoms with E-state index in [1.54, 1.807) is 0 Å². The van der Waals surface area contributed by atoms with Crippen LogP contribution in [-0.4, -0.2) is 30.5 Å². The van der Waals surface area contributed by atoms with Gasteiger partial charge in [-0.25, -0.2) is 0 Å². The van der Waals surface area contributed by atoms with E-state index < -0.39 is 5.60 Å². The zero-order chi connectivity index (χ0) is 15.4. The third-order valence-electron chi connectivity index (χ3n) is 4.27. The number of furan rings is 1. The van der Waals surface area contributed by atoms with Gasteiger partial charge in [0, 0.05) is 38.2 Å². The minimum absolute atomic E-state index is 0.0596. The number of hydrogen-bond acceptors (Lipinski definition) is 4. The minimum atomic E-state index is -0.665. The summed E-state index contributed by atoms with van der Waals surface area (Å²) in [6, 6.07) is 14.1. The highest BCUT2D eigenvalue weighted by atomic mass is 16.5. The van der Waals surface area contributed by atoms with Crippen LogP contribution in [0.5, 0.6) is 0 Å². The van der Waals surface area contributed by atoms with E-state index in [0.717, 1.165) is 17.1 Å². The monoisotopic (exact) mass is 301 g/mol. The summed E-state index contributed by atoms with van der Waals surface area (Å²) in [5, 5.41) is 13.9. The first kappa shape index (κ1) is 15.3. The molecule has 1 aromatic heterocycles. The van der Waals surface area contributed by atoms with Gasteiger partial charge in [0.05, 0.1) is 11.6 Å². The molecule has 4 heteroatoms. The van der Waals surface area contributed by atoms with Crippen LogP contribution in [0.2, 0.25) is 0 Å². The summed E-state index contributed by atoms with van der Waals surface area (Å²) in [6.45, 7) is 3.87. The SMILES string of the molecule is CC(NCC1(O)CCOCC1)c1ccc(-c2ccccc2)o1. The summed E-state index contributed by atoms with van der Waals surface area (Å²) in [5.74, 6) is 1.75. The lowest BCUT2D eigenvalue weighted by Crippen LogP contribution is -2.45. The molecule has 1 saturated heterocycles. The molecular weight excluding hydrogens is 278 g/mol. The molecule has 1 aliphatic rings. The Morgan fingerprint density at radius 2 is 1.86 bits per heavy atom. The first-order valence-electron chi connectivity index (χ1n) is 7.85. The van der Waals surface area contributed by atoms with E-state index in [-0.39, 0.29) is 6.04 Å². The van der Waals surface area contributed by atoms with Crippen LogP contribution in [-0.2, 0) is 4.74 Å². The molecule has 1 atom stereocenters. The quantitative estimate of drug-likeness (QED) is 0.891. The van der Waals surface area contributed by atoms with Gasteiger partial charge in [-0.15, -0.1) is 0 Å². The van der Waals surface area contributed by atoms with Crippen molar-refractivity contribution in [2.75, 3.05) is 19.8 Å². The molecule has 1 aromatic carbocycles. The van der Waals surface area contributed by atoms with Crippen LogP contribution in [0.4, 0.5) is 0 Å². The van der Waals surface area contributed by atoms with Crippen LogP contribution in [0, 0.1) is 0 Å². The second kappa shape index (κ2) is 6.65. The fourth-order valence-corrected chi connectivity index (χ4v) is 2.71. The highest BCUT2D eigenvalue weighted by Gasteiger charge is 2.30. The minimum Gasteiger partial charge on any atom is -0.459 e. The van der Waals surface area contributed by atoms with E-state index in [4.69, 9.17) is 9.15 Å². The van der Waals surface area contributed by atoms with Crippen molar-refractivity contribution >= 4 is 0 Å². The Bertz CT molecular complexity index is 587. The summed E-state index contributed by atoms with van der Waals surface area (Å²) in [4.78, 5) is 0. The smallest absolute Gasteiger partial charge is 0.134 e. The molecule has 22 heavy (non-hydrogen) atoms. The molecule has 0 amide bonds. The van der Waals surface area contributed by atoms with Crippen LogP contribution in [0.3, 0.4) is 0 Å². The Balaban J connectivity index is 1.61. The fraction of sp³-hybridized carbons (Fsp3) is 0.444. The van der Waals surface area contributed by atoms with Crippen LogP contribution >= 0.6 is 0 Å². The summed E-state index contributed by atoms with van der Waals surface area (Å²) in [6.07, 6.45) is 1.36. The number of rotatable bonds is 5. The van der Waals surface area contributed by atoms with Crippen molar-refractivity contribution in [1.29, 1.82) is 0 Å². The molecule has 2 aromatic rings. The number of benzene rings is 1. The third kappa shape index (κ3) is 3.58. The predicted molar refractivity (Wildman–Crippen MR) is 85.6 cm³/mol. The van der Waals surface area contributed by atoms with Crippen molar-refractivity contribution in [3.8, 4) is 11.3 Å². The lowest BCUT2D eigenvalue weighted by molar-refractivity contribution is -0.0628. The van der Waals surface area contributed by atoms with Crippen molar-refractivity contribution < 1.29 is 14.3 Å². The number of aliphatic hydroxyl groups is 1. The maximum absolute atomic E-state index is 10.5. The largest absolute Gasteiger partial charge is 0.459 e. The lowest BCUT2D eigenvalue weighted by Gasteiger charge is -2.33. The van der Waals surface area contributed by atoms with Crippen molar-refractivity contribution in [1.82, 2.24) is 5.32 Å². The summed E-state index contributed by atoms with van der Waals surface area (Å²) < 4.78 is 11.2. The third-order valence-corrected chi connectivity index (χ3v) is 4.27. The molecular formula is C18H23NO3. The van der Waals surface area contributed by atoms with Gasteiger partial charge >= 0.3 is 0 Å². The van der Waals surface area contributed by atoms with E-state index in [2.05, 4.69) is 12.2 Å². The molecule has 1 fully saturated rings.